The predicted molar refractivity (Wildman–Crippen MR) is 86.5 cm³/mol. The molecule has 0 saturated heterocycles. The first-order chi connectivity index (χ1) is 10.3. The lowest BCUT2D eigenvalue weighted by Crippen LogP contribution is -2.35. The third-order valence-electron chi connectivity index (χ3n) is 2.96. The van der Waals surface area contributed by atoms with Crippen LogP contribution in [0.5, 0.6) is 0 Å². The Morgan fingerprint density at radius 3 is 2.24 bits per heavy atom. The molecule has 0 N–H and O–H groups in total. The molecule has 0 fully saturated rings. The van der Waals surface area contributed by atoms with Gasteiger partial charge in [-0.25, -0.2) is 0 Å². The molecule has 0 amide bonds. The van der Waals surface area contributed by atoms with Gasteiger partial charge in [0.25, 0.3) is 0 Å². The van der Waals surface area contributed by atoms with Crippen molar-refractivity contribution in [3.8, 4) is 0 Å². The van der Waals surface area contributed by atoms with E-state index in [2.05, 4.69) is 28.7 Å². The van der Waals surface area contributed by atoms with Crippen LogP contribution in [0, 0.1) is 0 Å². The molecule has 0 aromatic carbocycles. The minimum absolute atomic E-state index is 0.00419. The van der Waals surface area contributed by atoms with E-state index in [0.717, 1.165) is 16.4 Å². The SMILES string of the molecule is COCCOCO[C@H]1CCC=C(I)[C@@H]1OCOCCOC. The Hall–Kier alpha value is 0.230. The zero-order chi connectivity index (χ0) is 15.3. The lowest BCUT2D eigenvalue weighted by molar-refractivity contribution is -0.162. The maximum atomic E-state index is 5.77. The second-order valence-electron chi connectivity index (χ2n) is 4.50. The van der Waals surface area contributed by atoms with Gasteiger partial charge in [-0.3, -0.25) is 0 Å². The van der Waals surface area contributed by atoms with E-state index in [0.29, 0.717) is 26.4 Å². The molecule has 0 bridgehead atoms. The van der Waals surface area contributed by atoms with Gasteiger partial charge in [-0.15, -0.1) is 0 Å². The van der Waals surface area contributed by atoms with E-state index in [1.807, 2.05) is 0 Å². The molecule has 1 aliphatic carbocycles. The van der Waals surface area contributed by atoms with E-state index in [9.17, 15) is 0 Å². The fraction of sp³-hybridized carbons (Fsp3) is 0.857. The zero-order valence-corrected chi connectivity index (χ0v) is 14.9. The normalized spacial score (nSPS) is 22.3. The summed E-state index contributed by atoms with van der Waals surface area (Å²) < 4.78 is 33.2. The van der Waals surface area contributed by atoms with Crippen LogP contribution in [0.25, 0.3) is 0 Å². The number of allylic oxidation sites excluding steroid dienone is 1. The van der Waals surface area contributed by atoms with Crippen LogP contribution in [0.15, 0.2) is 9.66 Å². The minimum atomic E-state index is -0.0899. The van der Waals surface area contributed by atoms with Crippen LogP contribution in [0.2, 0.25) is 0 Å². The smallest absolute Gasteiger partial charge is 0.147 e. The summed E-state index contributed by atoms with van der Waals surface area (Å²) in [5, 5.41) is 0. The molecule has 1 rings (SSSR count). The van der Waals surface area contributed by atoms with Gasteiger partial charge in [-0.05, 0) is 35.4 Å². The fourth-order valence-electron chi connectivity index (χ4n) is 1.85. The van der Waals surface area contributed by atoms with Crippen molar-refractivity contribution in [3.05, 3.63) is 9.66 Å². The molecule has 7 heteroatoms. The van der Waals surface area contributed by atoms with E-state index in [1.54, 1.807) is 14.2 Å². The van der Waals surface area contributed by atoms with E-state index in [-0.39, 0.29) is 25.8 Å². The van der Waals surface area contributed by atoms with Gasteiger partial charge in [0.2, 0.25) is 0 Å². The van der Waals surface area contributed by atoms with Crippen LogP contribution in [-0.2, 0) is 28.4 Å². The van der Waals surface area contributed by atoms with Crippen molar-refractivity contribution in [3.63, 3.8) is 0 Å². The van der Waals surface area contributed by atoms with Crippen molar-refractivity contribution >= 4 is 22.6 Å². The Kier molecular flexibility index (Phi) is 11.7. The minimum Gasteiger partial charge on any atom is -0.382 e. The van der Waals surface area contributed by atoms with Gasteiger partial charge in [0.05, 0.1) is 32.5 Å². The maximum absolute atomic E-state index is 5.77. The van der Waals surface area contributed by atoms with E-state index in [1.165, 1.54) is 0 Å². The first kappa shape index (κ1) is 19.3. The Morgan fingerprint density at radius 1 is 1.00 bits per heavy atom. The quantitative estimate of drug-likeness (QED) is 0.276. The molecular formula is C14H25IO6. The second-order valence-corrected chi connectivity index (χ2v) is 5.74. The first-order valence-corrected chi connectivity index (χ1v) is 8.09. The van der Waals surface area contributed by atoms with Crippen LogP contribution in [0.1, 0.15) is 12.8 Å². The number of rotatable bonds is 12. The highest BCUT2D eigenvalue weighted by Gasteiger charge is 2.28. The zero-order valence-electron chi connectivity index (χ0n) is 12.7. The van der Waals surface area contributed by atoms with Crippen molar-refractivity contribution in [2.45, 2.75) is 25.0 Å². The van der Waals surface area contributed by atoms with Crippen molar-refractivity contribution in [1.29, 1.82) is 0 Å². The van der Waals surface area contributed by atoms with E-state index >= 15 is 0 Å². The first-order valence-electron chi connectivity index (χ1n) is 7.01. The molecule has 0 aromatic heterocycles. The summed E-state index contributed by atoms with van der Waals surface area (Å²) in [5.74, 6) is 0. The molecule has 1 aliphatic rings. The molecule has 0 radical (unpaired) electrons. The molecule has 0 spiro atoms. The number of hydrogen-bond acceptors (Lipinski definition) is 6. The molecule has 0 saturated carbocycles. The molecule has 21 heavy (non-hydrogen) atoms. The van der Waals surface area contributed by atoms with Crippen LogP contribution in [0.3, 0.4) is 0 Å². The van der Waals surface area contributed by atoms with Gasteiger partial charge in [-0.1, -0.05) is 6.08 Å². The van der Waals surface area contributed by atoms with Crippen LogP contribution < -0.4 is 0 Å². The molecule has 0 heterocycles. The Balaban J connectivity index is 2.25. The summed E-state index contributed by atoms with van der Waals surface area (Å²) in [7, 11) is 3.29. The lowest BCUT2D eigenvalue weighted by atomic mass is 10.0. The predicted octanol–water partition coefficient (Wildman–Crippen LogP) is 2.11. The Labute approximate surface area is 140 Å². The third-order valence-corrected chi connectivity index (χ3v) is 4.01. The Morgan fingerprint density at radius 2 is 1.62 bits per heavy atom. The average Bonchev–Trinajstić information content (AvgIpc) is 2.49. The van der Waals surface area contributed by atoms with Gasteiger partial charge < -0.3 is 28.4 Å². The number of methoxy groups -OCH3 is 2. The summed E-state index contributed by atoms with van der Waals surface area (Å²) >= 11 is 2.29. The summed E-state index contributed by atoms with van der Waals surface area (Å²) in [6.45, 7) is 2.67. The monoisotopic (exact) mass is 416 g/mol. The van der Waals surface area contributed by atoms with Gasteiger partial charge in [0, 0.05) is 17.8 Å². The van der Waals surface area contributed by atoms with Crippen LogP contribution >= 0.6 is 22.6 Å². The van der Waals surface area contributed by atoms with Crippen molar-refractivity contribution in [2.24, 2.45) is 0 Å². The standard InChI is InChI=1S/C14H25IO6/c1-16-6-8-18-10-20-13-5-3-4-12(15)14(13)21-11-19-9-7-17-2/h4,13-14H,3,5-11H2,1-2H3/t13-,14-/m0/s1. The summed E-state index contributed by atoms with van der Waals surface area (Å²) in [6.07, 6.45) is 3.99. The summed E-state index contributed by atoms with van der Waals surface area (Å²) in [4.78, 5) is 0. The summed E-state index contributed by atoms with van der Waals surface area (Å²) in [6, 6.07) is 0. The van der Waals surface area contributed by atoms with Gasteiger partial charge in [0.15, 0.2) is 0 Å². The number of ether oxygens (including phenoxy) is 6. The average molecular weight is 416 g/mol. The van der Waals surface area contributed by atoms with Gasteiger partial charge >= 0.3 is 0 Å². The van der Waals surface area contributed by atoms with E-state index in [4.69, 9.17) is 28.4 Å². The highest BCUT2D eigenvalue weighted by molar-refractivity contribution is 14.1. The van der Waals surface area contributed by atoms with Gasteiger partial charge in [0.1, 0.15) is 19.7 Å². The van der Waals surface area contributed by atoms with Crippen LogP contribution in [-0.4, -0.2) is 66.4 Å². The molecule has 6 nitrogen and oxygen atoms in total. The maximum Gasteiger partial charge on any atom is 0.147 e. The lowest BCUT2D eigenvalue weighted by Gasteiger charge is -2.30. The number of hydrogen-bond donors (Lipinski definition) is 0. The molecule has 0 aliphatic heterocycles. The molecule has 124 valence electrons. The molecular weight excluding hydrogens is 391 g/mol. The second kappa shape index (κ2) is 12.7. The Bertz CT molecular complexity index is 287. The highest BCUT2D eigenvalue weighted by Crippen LogP contribution is 2.28. The van der Waals surface area contributed by atoms with Crippen molar-refractivity contribution in [2.75, 3.05) is 54.2 Å². The van der Waals surface area contributed by atoms with Gasteiger partial charge in [-0.2, -0.15) is 0 Å². The fourth-order valence-corrected chi connectivity index (χ4v) is 2.74. The topological polar surface area (TPSA) is 55.4 Å². The molecule has 0 aromatic rings. The third kappa shape index (κ3) is 8.44. The largest absolute Gasteiger partial charge is 0.382 e. The number of halogens is 1. The van der Waals surface area contributed by atoms with Crippen molar-refractivity contribution < 1.29 is 28.4 Å². The summed E-state index contributed by atoms with van der Waals surface area (Å²) in [5.41, 5.74) is 0. The van der Waals surface area contributed by atoms with Crippen molar-refractivity contribution in [1.82, 2.24) is 0 Å². The van der Waals surface area contributed by atoms with Crippen LogP contribution in [0.4, 0.5) is 0 Å². The highest BCUT2D eigenvalue weighted by atomic mass is 127. The molecule has 0 unspecified atom stereocenters. The van der Waals surface area contributed by atoms with E-state index < -0.39 is 0 Å². The molecule has 2 atom stereocenters.